The Balaban J connectivity index is 3.52. The van der Waals surface area contributed by atoms with Gasteiger partial charge >= 0.3 is 11.9 Å². The van der Waals surface area contributed by atoms with Crippen LogP contribution in [0.1, 0.15) is 149 Å². The van der Waals surface area contributed by atoms with Crippen LogP contribution in [-0.2, 0) is 14.3 Å². The summed E-state index contributed by atoms with van der Waals surface area (Å²) >= 11 is 0. The van der Waals surface area contributed by atoms with E-state index in [1.807, 2.05) is 21.1 Å². The van der Waals surface area contributed by atoms with Crippen LogP contribution in [0, 0.1) is 5.92 Å². The molecule has 1 N–H and O–H groups in total. The zero-order valence-corrected chi connectivity index (χ0v) is 24.8. The molecule has 0 rings (SSSR count). The van der Waals surface area contributed by atoms with E-state index in [2.05, 4.69) is 13.8 Å². The lowest BCUT2D eigenvalue weighted by atomic mass is 9.95. The van der Waals surface area contributed by atoms with E-state index >= 15 is 0 Å². The first-order valence-electron chi connectivity index (χ1n) is 15.4. The standard InChI is InChI=1S/C31H61NO4/c1-6-7-8-9-14-17-20-23-28(2)24-21-18-15-12-10-11-13-16-19-22-25-31(35)36-29(26-30(33)34)27-32(3,4)5/h28-29H,6-27H2,1-5H3/p+1. The van der Waals surface area contributed by atoms with E-state index < -0.39 is 12.1 Å². The fourth-order valence-electron chi connectivity index (χ4n) is 4.96. The van der Waals surface area contributed by atoms with Crippen molar-refractivity contribution < 1.29 is 23.9 Å². The van der Waals surface area contributed by atoms with Crippen molar-refractivity contribution in [2.75, 3.05) is 27.7 Å². The van der Waals surface area contributed by atoms with Gasteiger partial charge in [0.05, 0.1) is 27.6 Å². The fourth-order valence-corrected chi connectivity index (χ4v) is 4.96. The van der Waals surface area contributed by atoms with Crippen molar-refractivity contribution in [2.45, 2.75) is 155 Å². The van der Waals surface area contributed by atoms with Gasteiger partial charge in [-0.3, -0.25) is 9.59 Å². The predicted octanol–water partition coefficient (Wildman–Crippen LogP) is 8.54. The molecule has 0 amide bonds. The number of esters is 1. The summed E-state index contributed by atoms with van der Waals surface area (Å²) in [6.45, 7) is 5.23. The van der Waals surface area contributed by atoms with Gasteiger partial charge in [0.1, 0.15) is 6.54 Å². The highest BCUT2D eigenvalue weighted by Gasteiger charge is 2.24. The number of hydrogen-bond donors (Lipinski definition) is 1. The third kappa shape index (κ3) is 26.0. The summed E-state index contributed by atoms with van der Waals surface area (Å²) in [6, 6.07) is 0. The van der Waals surface area contributed by atoms with Crippen LogP contribution in [0.5, 0.6) is 0 Å². The molecule has 0 aliphatic rings. The Morgan fingerprint density at radius 3 is 1.53 bits per heavy atom. The van der Waals surface area contributed by atoms with Crippen LogP contribution >= 0.6 is 0 Å². The normalized spacial score (nSPS) is 13.5. The summed E-state index contributed by atoms with van der Waals surface area (Å²) < 4.78 is 6.02. The van der Waals surface area contributed by atoms with Crippen LogP contribution in [0.15, 0.2) is 0 Å². The molecule has 0 spiro atoms. The first-order chi connectivity index (χ1) is 17.1. The van der Waals surface area contributed by atoms with Gasteiger partial charge in [-0.1, -0.05) is 129 Å². The maximum Gasteiger partial charge on any atom is 0.307 e. The highest BCUT2D eigenvalue weighted by atomic mass is 16.5. The number of ether oxygens (including phenoxy) is 1. The molecule has 0 aliphatic heterocycles. The summed E-state index contributed by atoms with van der Waals surface area (Å²) in [7, 11) is 5.92. The number of quaternary nitrogens is 1. The Hall–Kier alpha value is -1.10. The molecule has 0 saturated heterocycles. The minimum atomic E-state index is -0.922. The van der Waals surface area contributed by atoms with E-state index in [0.717, 1.165) is 18.8 Å². The highest BCUT2D eigenvalue weighted by molar-refractivity contribution is 5.71. The third-order valence-corrected chi connectivity index (χ3v) is 7.08. The second kappa shape index (κ2) is 23.0. The molecule has 0 bridgehead atoms. The third-order valence-electron chi connectivity index (χ3n) is 7.08. The molecule has 5 heteroatoms. The predicted molar refractivity (Wildman–Crippen MR) is 152 cm³/mol. The zero-order chi connectivity index (χ0) is 27.1. The molecule has 0 fully saturated rings. The molecule has 0 aromatic carbocycles. The van der Waals surface area contributed by atoms with E-state index in [1.54, 1.807) is 0 Å². The fraction of sp³-hybridized carbons (Fsp3) is 0.935. The Labute approximate surface area is 224 Å². The van der Waals surface area contributed by atoms with Crippen molar-refractivity contribution in [3.05, 3.63) is 0 Å². The monoisotopic (exact) mass is 512 g/mol. The number of rotatable bonds is 26. The Morgan fingerprint density at radius 2 is 1.11 bits per heavy atom. The summed E-state index contributed by atoms with van der Waals surface area (Å²) in [5, 5.41) is 9.06. The van der Waals surface area contributed by atoms with E-state index in [9.17, 15) is 9.59 Å². The van der Waals surface area contributed by atoms with Crippen molar-refractivity contribution in [1.82, 2.24) is 0 Å². The molecule has 5 nitrogen and oxygen atoms in total. The molecule has 0 aromatic heterocycles. The van der Waals surface area contributed by atoms with E-state index in [4.69, 9.17) is 9.84 Å². The molecule has 2 atom stereocenters. The largest absolute Gasteiger partial charge is 0.481 e. The number of aliphatic carboxylic acids is 1. The van der Waals surface area contributed by atoms with Crippen molar-refractivity contribution in [1.29, 1.82) is 0 Å². The van der Waals surface area contributed by atoms with Gasteiger partial charge in [-0.05, 0) is 12.3 Å². The van der Waals surface area contributed by atoms with E-state index in [0.29, 0.717) is 17.4 Å². The number of carboxylic acid groups (broad SMARTS) is 1. The Morgan fingerprint density at radius 1 is 0.694 bits per heavy atom. The second-order valence-electron chi connectivity index (χ2n) is 12.3. The maximum absolute atomic E-state index is 12.1. The Bertz CT molecular complexity index is 529. The lowest BCUT2D eigenvalue weighted by molar-refractivity contribution is -0.873. The van der Waals surface area contributed by atoms with Gasteiger partial charge in [-0.2, -0.15) is 0 Å². The number of hydrogen-bond acceptors (Lipinski definition) is 3. The smallest absolute Gasteiger partial charge is 0.307 e. The molecular formula is C31H62NO4+. The van der Waals surface area contributed by atoms with Crippen LogP contribution in [0.25, 0.3) is 0 Å². The van der Waals surface area contributed by atoms with Gasteiger partial charge in [-0.25, -0.2) is 0 Å². The lowest BCUT2D eigenvalue weighted by Crippen LogP contribution is -2.43. The first-order valence-corrected chi connectivity index (χ1v) is 15.4. The minimum Gasteiger partial charge on any atom is -0.481 e. The van der Waals surface area contributed by atoms with E-state index in [1.165, 1.54) is 109 Å². The highest BCUT2D eigenvalue weighted by Crippen LogP contribution is 2.19. The van der Waals surface area contributed by atoms with Crippen molar-refractivity contribution in [3.63, 3.8) is 0 Å². The van der Waals surface area contributed by atoms with Gasteiger partial charge in [0.25, 0.3) is 0 Å². The van der Waals surface area contributed by atoms with Gasteiger partial charge in [-0.15, -0.1) is 0 Å². The van der Waals surface area contributed by atoms with Crippen molar-refractivity contribution >= 4 is 11.9 Å². The summed E-state index contributed by atoms with van der Waals surface area (Å²) in [6.07, 6.45) is 24.9. The number of unbranched alkanes of at least 4 members (excludes halogenated alkanes) is 15. The van der Waals surface area contributed by atoms with Crippen molar-refractivity contribution in [3.8, 4) is 0 Å². The molecule has 36 heavy (non-hydrogen) atoms. The molecular weight excluding hydrogens is 450 g/mol. The SMILES string of the molecule is CCCCCCCCCC(C)CCCCCCCCCCCCC(=O)OC(CC(=O)O)C[N+](C)(C)C. The number of carbonyl (C=O) groups is 2. The molecule has 0 radical (unpaired) electrons. The number of carbonyl (C=O) groups excluding carboxylic acids is 1. The van der Waals surface area contributed by atoms with E-state index in [-0.39, 0.29) is 12.4 Å². The van der Waals surface area contributed by atoms with Gasteiger partial charge in [0.15, 0.2) is 6.10 Å². The average Bonchev–Trinajstić information content (AvgIpc) is 2.77. The summed E-state index contributed by atoms with van der Waals surface area (Å²) in [5.41, 5.74) is 0. The molecule has 0 aromatic rings. The molecule has 2 unspecified atom stereocenters. The summed E-state index contributed by atoms with van der Waals surface area (Å²) in [4.78, 5) is 23.2. The maximum atomic E-state index is 12.1. The lowest BCUT2D eigenvalue weighted by Gasteiger charge is -2.28. The zero-order valence-electron chi connectivity index (χ0n) is 24.8. The molecule has 0 heterocycles. The second-order valence-corrected chi connectivity index (χ2v) is 12.3. The quantitative estimate of drug-likeness (QED) is 0.0716. The summed E-state index contributed by atoms with van der Waals surface area (Å²) in [5.74, 6) is -0.278. The van der Waals surface area contributed by atoms with Crippen LogP contribution in [0.4, 0.5) is 0 Å². The molecule has 0 aliphatic carbocycles. The molecule has 214 valence electrons. The minimum absolute atomic E-state index is 0.125. The topological polar surface area (TPSA) is 63.6 Å². The van der Waals surface area contributed by atoms with Crippen LogP contribution in [0.2, 0.25) is 0 Å². The Kier molecular flexibility index (Phi) is 22.3. The number of likely N-dealkylation sites (N-methyl/N-ethyl adjacent to an activating group) is 1. The molecule has 0 saturated carbocycles. The number of carboxylic acids is 1. The first kappa shape index (κ1) is 34.9. The van der Waals surface area contributed by atoms with Crippen LogP contribution in [-0.4, -0.2) is 55.3 Å². The van der Waals surface area contributed by atoms with Gasteiger partial charge in [0, 0.05) is 6.42 Å². The van der Waals surface area contributed by atoms with Crippen molar-refractivity contribution in [2.24, 2.45) is 5.92 Å². The van der Waals surface area contributed by atoms with Gasteiger partial charge in [0.2, 0.25) is 0 Å². The number of nitrogens with zero attached hydrogens (tertiary/aromatic N) is 1. The van der Waals surface area contributed by atoms with Crippen LogP contribution < -0.4 is 0 Å². The average molecular weight is 513 g/mol. The van der Waals surface area contributed by atoms with Crippen LogP contribution in [0.3, 0.4) is 0 Å². The van der Waals surface area contributed by atoms with Gasteiger partial charge < -0.3 is 14.3 Å².